The second-order valence-corrected chi connectivity index (χ2v) is 4.97. The van der Waals surface area contributed by atoms with E-state index >= 15 is 0 Å². The second kappa shape index (κ2) is 5.25. The zero-order valence-corrected chi connectivity index (χ0v) is 11.6. The first-order valence-electron chi connectivity index (χ1n) is 5.91. The number of nitrogens with one attached hydrogen (secondary N) is 1. The van der Waals surface area contributed by atoms with Gasteiger partial charge in [0.1, 0.15) is 17.3 Å². The quantitative estimate of drug-likeness (QED) is 0.405. The molecule has 7 N–H and O–H groups in total. The van der Waals surface area contributed by atoms with Crippen LogP contribution in [0.15, 0.2) is 26.9 Å². The van der Waals surface area contributed by atoms with Gasteiger partial charge in [-0.2, -0.15) is 9.98 Å². The summed E-state index contributed by atoms with van der Waals surface area (Å²) in [4.78, 5) is 12.2. The van der Waals surface area contributed by atoms with Crippen molar-refractivity contribution >= 4 is 28.4 Å². The van der Waals surface area contributed by atoms with Crippen LogP contribution in [0.4, 0.5) is 11.1 Å². The van der Waals surface area contributed by atoms with Crippen molar-refractivity contribution in [1.29, 1.82) is 0 Å². The first-order chi connectivity index (χ1) is 10.1. The highest BCUT2D eigenvalue weighted by molar-refractivity contribution is 7.13. The molecule has 0 aliphatic heterocycles. The number of H-pyrrole nitrogens is 1. The first-order valence-corrected chi connectivity index (χ1v) is 6.79. The summed E-state index contributed by atoms with van der Waals surface area (Å²) in [6.07, 6.45) is 0.467. The van der Waals surface area contributed by atoms with Crippen molar-refractivity contribution in [2.75, 3.05) is 5.73 Å². The molecule has 0 amide bonds. The van der Waals surface area contributed by atoms with Gasteiger partial charge in [-0.05, 0) is 12.1 Å². The largest absolute Gasteiger partial charge is 0.459 e. The Kier molecular flexibility index (Phi) is 3.28. The van der Waals surface area contributed by atoms with Gasteiger partial charge >= 0.3 is 0 Å². The van der Waals surface area contributed by atoms with Gasteiger partial charge in [0.15, 0.2) is 11.7 Å². The van der Waals surface area contributed by atoms with Crippen LogP contribution in [-0.4, -0.2) is 26.1 Å². The minimum atomic E-state index is -0.0288. The van der Waals surface area contributed by atoms with Crippen LogP contribution in [0.25, 0.3) is 11.5 Å². The number of hydrogen-bond donors (Lipinski definition) is 4. The number of nitrogen functional groups attached to an aromatic ring is 1. The normalized spacial score (nSPS) is 10.7. The third-order valence-corrected chi connectivity index (χ3v) is 3.26. The van der Waals surface area contributed by atoms with Crippen LogP contribution in [0.1, 0.15) is 11.6 Å². The smallest absolute Gasteiger partial charge is 0.239 e. The van der Waals surface area contributed by atoms with Gasteiger partial charge in [-0.3, -0.25) is 5.10 Å². The fourth-order valence-electron chi connectivity index (χ4n) is 1.70. The van der Waals surface area contributed by atoms with E-state index in [-0.39, 0.29) is 11.9 Å². The van der Waals surface area contributed by atoms with E-state index in [1.165, 1.54) is 11.3 Å². The lowest BCUT2D eigenvalue weighted by Crippen LogP contribution is -2.21. The number of nitrogens with two attached hydrogens (primary N) is 3. The van der Waals surface area contributed by atoms with Crippen LogP contribution >= 0.6 is 11.3 Å². The summed E-state index contributed by atoms with van der Waals surface area (Å²) < 4.78 is 5.71. The van der Waals surface area contributed by atoms with Crippen LogP contribution in [0.2, 0.25) is 0 Å². The Labute approximate surface area is 122 Å². The monoisotopic (exact) mass is 304 g/mol. The predicted molar refractivity (Wildman–Crippen MR) is 78.9 cm³/mol. The number of aromatic nitrogens is 4. The van der Waals surface area contributed by atoms with Crippen molar-refractivity contribution in [2.24, 2.45) is 16.5 Å². The predicted octanol–water partition coefficient (Wildman–Crippen LogP) is 0.599. The lowest BCUT2D eigenvalue weighted by molar-refractivity contribution is 0.529. The van der Waals surface area contributed by atoms with Crippen LogP contribution in [0.3, 0.4) is 0 Å². The van der Waals surface area contributed by atoms with Crippen molar-refractivity contribution in [3.8, 4) is 11.5 Å². The van der Waals surface area contributed by atoms with E-state index in [4.69, 9.17) is 21.6 Å². The van der Waals surface area contributed by atoms with Gasteiger partial charge in [-0.1, -0.05) is 0 Å². The lowest BCUT2D eigenvalue weighted by atomic mass is 10.3. The van der Waals surface area contributed by atoms with Gasteiger partial charge in [-0.15, -0.1) is 16.4 Å². The second-order valence-electron chi connectivity index (χ2n) is 4.14. The molecule has 0 aromatic carbocycles. The van der Waals surface area contributed by atoms with E-state index in [1.54, 1.807) is 0 Å². The first kappa shape index (κ1) is 13.1. The average molecular weight is 304 g/mol. The number of hydrogen-bond acceptors (Lipinski definition) is 7. The fraction of sp³-hybridized carbons (Fsp3) is 0.0909. The molecule has 3 rings (SSSR count). The highest BCUT2D eigenvalue weighted by Gasteiger charge is 2.11. The highest BCUT2D eigenvalue weighted by Crippen LogP contribution is 2.28. The van der Waals surface area contributed by atoms with E-state index in [9.17, 15) is 0 Å². The molecule has 0 atom stereocenters. The molecule has 3 heterocycles. The van der Waals surface area contributed by atoms with Crippen molar-refractivity contribution in [3.05, 3.63) is 29.1 Å². The minimum Gasteiger partial charge on any atom is -0.459 e. The summed E-state index contributed by atoms with van der Waals surface area (Å²) in [5.41, 5.74) is 16.7. The molecule has 0 spiro atoms. The lowest BCUT2D eigenvalue weighted by Gasteiger charge is -1.92. The zero-order chi connectivity index (χ0) is 14.8. The Morgan fingerprint density at radius 1 is 1.33 bits per heavy atom. The molecule has 108 valence electrons. The molecule has 0 saturated heterocycles. The number of guanidine groups is 1. The van der Waals surface area contributed by atoms with Gasteiger partial charge in [0.05, 0.1) is 6.42 Å². The number of nitrogens with zero attached hydrogens (tertiary/aromatic N) is 4. The number of furan rings is 1. The molecule has 0 bridgehead atoms. The Hall–Kier alpha value is -2.88. The van der Waals surface area contributed by atoms with Crippen LogP contribution in [0.5, 0.6) is 0 Å². The molecular formula is C11H12N8OS. The molecule has 3 aromatic heterocycles. The molecule has 0 radical (unpaired) electrons. The summed E-state index contributed by atoms with van der Waals surface area (Å²) in [6.45, 7) is 0. The molecule has 21 heavy (non-hydrogen) atoms. The van der Waals surface area contributed by atoms with Crippen molar-refractivity contribution in [1.82, 2.24) is 20.2 Å². The molecule has 0 fully saturated rings. The third-order valence-electron chi connectivity index (χ3n) is 2.52. The summed E-state index contributed by atoms with van der Waals surface area (Å²) in [5.74, 6) is 2.16. The number of rotatable bonds is 4. The number of aromatic amines is 1. The highest BCUT2D eigenvalue weighted by atomic mass is 32.1. The van der Waals surface area contributed by atoms with Gasteiger partial charge in [0.2, 0.25) is 11.1 Å². The van der Waals surface area contributed by atoms with Crippen LogP contribution in [-0.2, 0) is 6.42 Å². The number of anilines is 1. The molecule has 3 aromatic rings. The van der Waals surface area contributed by atoms with Crippen LogP contribution in [0, 0.1) is 0 Å². The SMILES string of the molecule is NC(N)=Nc1nc(-c2ccc(Cc3nc(N)n[nH]3)o2)cs1. The topological polar surface area (TPSA) is 158 Å². The van der Waals surface area contributed by atoms with Gasteiger partial charge in [-0.25, -0.2) is 4.98 Å². The Balaban J connectivity index is 1.78. The minimum absolute atomic E-state index is 0.0288. The van der Waals surface area contributed by atoms with Crippen LogP contribution < -0.4 is 17.2 Å². The molecule has 0 aliphatic carbocycles. The Morgan fingerprint density at radius 2 is 2.19 bits per heavy atom. The summed E-state index contributed by atoms with van der Waals surface area (Å²) in [5, 5.41) is 8.78. The number of thiazole rings is 1. The van der Waals surface area contributed by atoms with Gasteiger partial charge in [0.25, 0.3) is 0 Å². The van der Waals surface area contributed by atoms with Crippen molar-refractivity contribution in [3.63, 3.8) is 0 Å². The molecule has 0 saturated carbocycles. The Bertz CT molecular complexity index is 782. The molecule has 9 nitrogen and oxygen atoms in total. The van der Waals surface area contributed by atoms with Crippen molar-refractivity contribution < 1.29 is 4.42 Å². The number of aliphatic imine (C=N–C) groups is 1. The zero-order valence-electron chi connectivity index (χ0n) is 10.8. The standard InChI is InChI=1S/C11H12N8OS/c12-9(13)17-11-15-6(4-21-11)7-2-1-5(20-7)3-8-16-10(14)19-18-8/h1-2,4H,3H2,(H4,12,13,15,17)(H3,14,16,18,19). The Morgan fingerprint density at radius 3 is 2.90 bits per heavy atom. The summed E-state index contributed by atoms with van der Waals surface area (Å²) in [7, 11) is 0. The maximum Gasteiger partial charge on any atom is 0.239 e. The van der Waals surface area contributed by atoms with E-state index in [0.29, 0.717) is 28.8 Å². The van der Waals surface area contributed by atoms with Gasteiger partial charge in [0, 0.05) is 5.38 Å². The molecule has 0 unspecified atom stereocenters. The molecule has 0 aliphatic rings. The average Bonchev–Trinajstić information content (AvgIpc) is 3.11. The summed E-state index contributed by atoms with van der Waals surface area (Å²) in [6, 6.07) is 3.66. The van der Waals surface area contributed by atoms with E-state index in [2.05, 4.69) is 25.2 Å². The van der Waals surface area contributed by atoms with E-state index in [1.807, 2.05) is 17.5 Å². The summed E-state index contributed by atoms with van der Waals surface area (Å²) >= 11 is 1.33. The molecule has 10 heteroatoms. The van der Waals surface area contributed by atoms with E-state index in [0.717, 1.165) is 5.76 Å². The maximum atomic E-state index is 5.71. The third kappa shape index (κ3) is 3.00. The van der Waals surface area contributed by atoms with E-state index < -0.39 is 0 Å². The van der Waals surface area contributed by atoms with Gasteiger partial charge < -0.3 is 21.6 Å². The fourth-order valence-corrected chi connectivity index (χ4v) is 2.40. The van der Waals surface area contributed by atoms with Crippen molar-refractivity contribution in [2.45, 2.75) is 6.42 Å². The molecular weight excluding hydrogens is 292 g/mol. The maximum absolute atomic E-state index is 5.71.